The Balaban J connectivity index is 1.78. The molecule has 26 heavy (non-hydrogen) atoms. The van der Waals surface area contributed by atoms with Crippen LogP contribution in [0.5, 0.6) is 0 Å². The van der Waals surface area contributed by atoms with E-state index in [4.69, 9.17) is 0 Å². The SMILES string of the molecule is CCN(Cc1cccnc1)C(=O)Cn1nc(-c2ccccc2)ccc1=O. The molecule has 2 aromatic heterocycles. The number of benzene rings is 1. The van der Waals surface area contributed by atoms with Gasteiger partial charge >= 0.3 is 0 Å². The zero-order valence-electron chi connectivity index (χ0n) is 14.6. The molecule has 0 saturated carbocycles. The van der Waals surface area contributed by atoms with Crippen LogP contribution in [-0.4, -0.2) is 32.1 Å². The van der Waals surface area contributed by atoms with Gasteiger partial charge in [0.2, 0.25) is 5.91 Å². The van der Waals surface area contributed by atoms with Crippen LogP contribution in [-0.2, 0) is 17.9 Å². The van der Waals surface area contributed by atoms with Crippen molar-refractivity contribution in [3.63, 3.8) is 0 Å². The molecule has 0 aliphatic heterocycles. The molecule has 0 atom stereocenters. The summed E-state index contributed by atoms with van der Waals surface area (Å²) in [5.41, 5.74) is 2.21. The van der Waals surface area contributed by atoms with Crippen molar-refractivity contribution < 1.29 is 4.79 Å². The van der Waals surface area contributed by atoms with Crippen LogP contribution in [0.2, 0.25) is 0 Å². The van der Waals surface area contributed by atoms with E-state index in [1.165, 1.54) is 10.7 Å². The third-order valence-electron chi connectivity index (χ3n) is 4.05. The number of amides is 1. The summed E-state index contributed by atoms with van der Waals surface area (Å²) >= 11 is 0. The molecule has 0 unspecified atom stereocenters. The number of aromatic nitrogens is 3. The van der Waals surface area contributed by atoms with Crippen molar-refractivity contribution in [1.82, 2.24) is 19.7 Å². The van der Waals surface area contributed by atoms with Crippen molar-refractivity contribution in [1.29, 1.82) is 0 Å². The lowest BCUT2D eigenvalue weighted by Gasteiger charge is -2.21. The van der Waals surface area contributed by atoms with E-state index in [-0.39, 0.29) is 18.0 Å². The quantitative estimate of drug-likeness (QED) is 0.686. The molecule has 0 radical (unpaired) electrons. The van der Waals surface area contributed by atoms with Gasteiger partial charge in [-0.2, -0.15) is 5.10 Å². The summed E-state index contributed by atoms with van der Waals surface area (Å²) in [7, 11) is 0. The zero-order valence-corrected chi connectivity index (χ0v) is 14.6. The smallest absolute Gasteiger partial charge is 0.267 e. The molecule has 0 spiro atoms. The molecule has 0 aliphatic rings. The van der Waals surface area contributed by atoms with Gasteiger partial charge in [-0.1, -0.05) is 36.4 Å². The van der Waals surface area contributed by atoms with Crippen molar-refractivity contribution in [3.05, 3.63) is 82.9 Å². The molecule has 6 nitrogen and oxygen atoms in total. The fraction of sp³-hybridized carbons (Fsp3) is 0.200. The molecule has 0 aliphatic carbocycles. The summed E-state index contributed by atoms with van der Waals surface area (Å²) in [6.45, 7) is 2.82. The molecule has 0 bridgehead atoms. The lowest BCUT2D eigenvalue weighted by molar-refractivity contribution is -0.132. The first-order valence-electron chi connectivity index (χ1n) is 8.47. The highest BCUT2D eigenvalue weighted by molar-refractivity contribution is 5.76. The van der Waals surface area contributed by atoms with Crippen LogP contribution in [0.1, 0.15) is 12.5 Å². The van der Waals surface area contributed by atoms with Gasteiger partial charge in [0.05, 0.1) is 5.69 Å². The van der Waals surface area contributed by atoms with Crippen LogP contribution in [0, 0.1) is 0 Å². The first kappa shape index (κ1) is 17.5. The topological polar surface area (TPSA) is 68.1 Å². The lowest BCUT2D eigenvalue weighted by atomic mass is 10.1. The average molecular weight is 348 g/mol. The number of likely N-dealkylation sites (N-methyl/N-ethyl adjacent to an activating group) is 1. The van der Waals surface area contributed by atoms with Gasteiger partial charge in [0.25, 0.3) is 5.56 Å². The highest BCUT2D eigenvalue weighted by Gasteiger charge is 2.15. The van der Waals surface area contributed by atoms with Crippen molar-refractivity contribution in [2.45, 2.75) is 20.0 Å². The maximum atomic E-state index is 12.7. The predicted molar refractivity (Wildman–Crippen MR) is 99.3 cm³/mol. The lowest BCUT2D eigenvalue weighted by Crippen LogP contribution is -2.36. The second-order valence-corrected chi connectivity index (χ2v) is 5.85. The Labute approximate surface area is 151 Å². The molecule has 0 saturated heterocycles. The summed E-state index contributed by atoms with van der Waals surface area (Å²) in [6, 6.07) is 16.4. The third-order valence-corrected chi connectivity index (χ3v) is 4.05. The van der Waals surface area contributed by atoms with Crippen molar-refractivity contribution in [3.8, 4) is 11.3 Å². The highest BCUT2D eigenvalue weighted by Crippen LogP contribution is 2.14. The second kappa shape index (κ2) is 8.20. The van der Waals surface area contributed by atoms with E-state index in [0.29, 0.717) is 18.8 Å². The largest absolute Gasteiger partial charge is 0.337 e. The van der Waals surface area contributed by atoms with Gasteiger partial charge in [0.1, 0.15) is 6.54 Å². The Bertz CT molecular complexity index is 923. The Kier molecular flexibility index (Phi) is 5.53. The Morgan fingerprint density at radius 3 is 2.58 bits per heavy atom. The van der Waals surface area contributed by atoms with E-state index < -0.39 is 0 Å². The van der Waals surface area contributed by atoms with E-state index >= 15 is 0 Å². The molecule has 6 heteroatoms. The highest BCUT2D eigenvalue weighted by atomic mass is 16.2. The van der Waals surface area contributed by atoms with Gasteiger partial charge in [-0.05, 0) is 24.6 Å². The van der Waals surface area contributed by atoms with E-state index in [1.54, 1.807) is 23.4 Å². The number of nitrogens with zero attached hydrogens (tertiary/aromatic N) is 4. The Hall–Kier alpha value is -3.28. The minimum Gasteiger partial charge on any atom is -0.337 e. The van der Waals surface area contributed by atoms with E-state index in [2.05, 4.69) is 10.1 Å². The van der Waals surface area contributed by atoms with Crippen LogP contribution in [0.4, 0.5) is 0 Å². The second-order valence-electron chi connectivity index (χ2n) is 5.85. The molecule has 2 heterocycles. The summed E-state index contributed by atoms with van der Waals surface area (Å²) in [6.07, 6.45) is 3.43. The van der Waals surface area contributed by atoms with Crippen molar-refractivity contribution in [2.75, 3.05) is 6.54 Å². The van der Waals surface area contributed by atoms with Crippen LogP contribution in [0.25, 0.3) is 11.3 Å². The summed E-state index contributed by atoms with van der Waals surface area (Å²) < 4.78 is 1.22. The summed E-state index contributed by atoms with van der Waals surface area (Å²) in [5.74, 6) is -0.156. The van der Waals surface area contributed by atoms with Gasteiger partial charge in [0, 0.05) is 37.1 Å². The number of carbonyl (C=O) groups is 1. The van der Waals surface area contributed by atoms with Gasteiger partial charge in [-0.3, -0.25) is 14.6 Å². The minimum absolute atomic E-state index is 0.0897. The van der Waals surface area contributed by atoms with Gasteiger partial charge in [-0.15, -0.1) is 0 Å². The first-order valence-corrected chi connectivity index (χ1v) is 8.47. The molecule has 1 aromatic carbocycles. The van der Waals surface area contributed by atoms with Gasteiger partial charge in [-0.25, -0.2) is 4.68 Å². The maximum absolute atomic E-state index is 12.7. The third kappa shape index (κ3) is 4.22. The standard InChI is InChI=1S/C20H20N4O2/c1-2-23(14-16-7-6-12-21-13-16)20(26)15-24-19(25)11-10-18(22-24)17-8-4-3-5-9-17/h3-13H,2,14-15H2,1H3. The normalized spacial score (nSPS) is 10.5. The first-order chi connectivity index (χ1) is 12.7. The van der Waals surface area contributed by atoms with E-state index in [9.17, 15) is 9.59 Å². The van der Waals surface area contributed by atoms with Crippen molar-refractivity contribution in [2.24, 2.45) is 0 Å². The molecule has 3 aromatic rings. The number of hydrogen-bond acceptors (Lipinski definition) is 4. The average Bonchev–Trinajstić information content (AvgIpc) is 2.69. The fourth-order valence-corrected chi connectivity index (χ4v) is 2.64. The monoisotopic (exact) mass is 348 g/mol. The number of pyridine rings is 1. The van der Waals surface area contributed by atoms with Gasteiger partial charge in [0.15, 0.2) is 0 Å². The maximum Gasteiger partial charge on any atom is 0.267 e. The van der Waals surface area contributed by atoms with Crippen LogP contribution < -0.4 is 5.56 Å². The molecular weight excluding hydrogens is 328 g/mol. The number of carbonyl (C=O) groups excluding carboxylic acids is 1. The molecule has 1 amide bonds. The molecule has 132 valence electrons. The Morgan fingerprint density at radius 1 is 1.08 bits per heavy atom. The number of rotatable bonds is 6. The fourth-order valence-electron chi connectivity index (χ4n) is 2.64. The summed E-state index contributed by atoms with van der Waals surface area (Å²) in [5, 5.41) is 4.35. The zero-order chi connectivity index (χ0) is 18.4. The molecule has 0 N–H and O–H groups in total. The van der Waals surface area contributed by atoms with E-state index in [0.717, 1.165) is 11.1 Å². The van der Waals surface area contributed by atoms with Crippen LogP contribution in [0.15, 0.2) is 71.8 Å². The van der Waals surface area contributed by atoms with Crippen molar-refractivity contribution >= 4 is 5.91 Å². The minimum atomic E-state index is -0.296. The van der Waals surface area contributed by atoms with Crippen LogP contribution in [0.3, 0.4) is 0 Å². The van der Waals surface area contributed by atoms with Crippen LogP contribution >= 0.6 is 0 Å². The van der Waals surface area contributed by atoms with Gasteiger partial charge < -0.3 is 4.90 Å². The summed E-state index contributed by atoms with van der Waals surface area (Å²) in [4.78, 5) is 30.5. The molecule has 3 rings (SSSR count). The Morgan fingerprint density at radius 2 is 1.88 bits per heavy atom. The number of hydrogen-bond donors (Lipinski definition) is 0. The van der Waals surface area contributed by atoms with E-state index in [1.807, 2.05) is 49.4 Å². The molecule has 0 fully saturated rings. The molecular formula is C20H20N4O2. The predicted octanol–water partition coefficient (Wildman–Crippen LogP) is 2.35.